The molecule has 102 valence electrons. The molecule has 22 heavy (non-hydrogen) atoms. The minimum atomic E-state index is 0.897. The molecule has 0 radical (unpaired) electrons. The maximum atomic E-state index is 5.38. The van der Waals surface area contributed by atoms with Crippen LogP contribution in [0.4, 0.5) is 0 Å². The third-order valence-corrected chi connectivity index (χ3v) is 3.65. The summed E-state index contributed by atoms with van der Waals surface area (Å²) in [6, 6.07) is 24.5. The Morgan fingerprint density at radius 2 is 0.636 bits per heavy atom. The fraction of sp³-hybridized carbons (Fsp3) is 0. The van der Waals surface area contributed by atoms with E-state index in [1.807, 2.05) is 48.5 Å². The van der Waals surface area contributed by atoms with Crippen LogP contribution in [0.3, 0.4) is 0 Å². The van der Waals surface area contributed by atoms with Crippen LogP contribution >= 0.6 is 0 Å². The number of benzene rings is 3. The second-order valence-corrected chi connectivity index (χ2v) is 5.02. The fourth-order valence-corrected chi connectivity index (χ4v) is 2.37. The largest absolute Gasteiger partial charge is 0.115 e. The maximum Gasteiger partial charge on any atom is 0.0243 e. The molecule has 0 atom stereocenters. The molecule has 0 aliphatic heterocycles. The fourth-order valence-electron chi connectivity index (χ4n) is 2.37. The van der Waals surface area contributed by atoms with Gasteiger partial charge in [-0.3, -0.25) is 0 Å². The summed E-state index contributed by atoms with van der Waals surface area (Å²) in [4.78, 5) is 0. The number of rotatable bonds is 2. The molecular weight excluding hydrogens is 264 g/mol. The molecular formula is C22H14. The molecule has 0 unspecified atom stereocenters. The molecule has 0 nitrogen and oxygen atoms in total. The quantitative estimate of drug-likeness (QED) is 0.580. The van der Waals surface area contributed by atoms with E-state index in [2.05, 4.69) is 36.1 Å². The number of hydrogen-bond acceptors (Lipinski definition) is 0. The van der Waals surface area contributed by atoms with Gasteiger partial charge in [0.25, 0.3) is 0 Å². The summed E-state index contributed by atoms with van der Waals surface area (Å²) in [5.41, 5.74) is 6.46. The molecule has 0 amide bonds. The second kappa shape index (κ2) is 6.04. The highest BCUT2D eigenvalue weighted by molar-refractivity contribution is 5.71. The predicted molar refractivity (Wildman–Crippen MR) is 93.2 cm³/mol. The summed E-state index contributed by atoms with van der Waals surface area (Å²) < 4.78 is 0. The standard InChI is InChI=1S/C22H14/c1-3-17-5-9-19(10-6-17)21-13-15-22(16-14-21)20-11-7-18(4-2)8-12-20/h1-2,5-16H. The van der Waals surface area contributed by atoms with Crippen LogP contribution < -0.4 is 0 Å². The number of terminal acetylenes is 2. The van der Waals surface area contributed by atoms with E-state index in [0.717, 1.165) is 22.3 Å². The van der Waals surface area contributed by atoms with Crippen molar-refractivity contribution < 1.29 is 0 Å². The lowest BCUT2D eigenvalue weighted by Crippen LogP contribution is -1.82. The Hall–Kier alpha value is -3.22. The first-order chi connectivity index (χ1) is 10.8. The molecule has 0 heterocycles. The van der Waals surface area contributed by atoms with Crippen molar-refractivity contribution in [2.24, 2.45) is 0 Å². The topological polar surface area (TPSA) is 0 Å². The normalized spacial score (nSPS) is 9.73. The first kappa shape index (κ1) is 13.7. The third kappa shape index (κ3) is 2.78. The monoisotopic (exact) mass is 278 g/mol. The van der Waals surface area contributed by atoms with Crippen molar-refractivity contribution >= 4 is 0 Å². The summed E-state index contributed by atoms with van der Waals surface area (Å²) in [6.07, 6.45) is 10.8. The molecule has 0 bridgehead atoms. The van der Waals surface area contributed by atoms with E-state index in [1.54, 1.807) is 0 Å². The second-order valence-electron chi connectivity index (χ2n) is 5.02. The van der Waals surface area contributed by atoms with Crippen LogP contribution in [0.5, 0.6) is 0 Å². The SMILES string of the molecule is C#Cc1ccc(-c2ccc(-c3ccc(C#C)cc3)cc2)cc1. The van der Waals surface area contributed by atoms with Crippen molar-refractivity contribution in [3.8, 4) is 46.9 Å². The zero-order valence-corrected chi connectivity index (χ0v) is 12.1. The Kier molecular flexibility index (Phi) is 3.78. The molecule has 3 rings (SSSR count). The van der Waals surface area contributed by atoms with Crippen molar-refractivity contribution in [3.05, 3.63) is 83.9 Å². The van der Waals surface area contributed by atoms with Crippen LogP contribution in [0, 0.1) is 24.7 Å². The van der Waals surface area contributed by atoms with Gasteiger partial charge in [0.1, 0.15) is 0 Å². The molecule has 0 spiro atoms. The molecule has 0 N–H and O–H groups in total. The summed E-state index contributed by atoms with van der Waals surface area (Å²) in [6.45, 7) is 0. The third-order valence-electron chi connectivity index (χ3n) is 3.65. The van der Waals surface area contributed by atoms with E-state index >= 15 is 0 Å². The summed E-state index contributed by atoms with van der Waals surface area (Å²) in [7, 11) is 0. The molecule has 0 saturated carbocycles. The van der Waals surface area contributed by atoms with Gasteiger partial charge in [-0.15, -0.1) is 12.8 Å². The molecule has 0 heteroatoms. The van der Waals surface area contributed by atoms with E-state index in [-0.39, 0.29) is 0 Å². The van der Waals surface area contributed by atoms with Crippen molar-refractivity contribution in [2.45, 2.75) is 0 Å². The zero-order chi connectivity index (χ0) is 15.4. The Morgan fingerprint density at radius 3 is 0.864 bits per heavy atom. The van der Waals surface area contributed by atoms with E-state index in [0.29, 0.717) is 0 Å². The molecule has 3 aromatic rings. The average molecular weight is 278 g/mol. The number of hydrogen-bond donors (Lipinski definition) is 0. The van der Waals surface area contributed by atoms with Crippen LogP contribution in [-0.2, 0) is 0 Å². The van der Waals surface area contributed by atoms with Gasteiger partial charge in [0.05, 0.1) is 0 Å². The van der Waals surface area contributed by atoms with Gasteiger partial charge in [0.2, 0.25) is 0 Å². The molecule has 0 aliphatic carbocycles. The van der Waals surface area contributed by atoms with Crippen molar-refractivity contribution in [2.75, 3.05) is 0 Å². The van der Waals surface area contributed by atoms with Crippen LogP contribution in [0.15, 0.2) is 72.8 Å². The van der Waals surface area contributed by atoms with Crippen molar-refractivity contribution in [1.29, 1.82) is 0 Å². The molecule has 3 aromatic carbocycles. The minimum absolute atomic E-state index is 0.897. The lowest BCUT2D eigenvalue weighted by Gasteiger charge is -2.05. The highest BCUT2D eigenvalue weighted by Crippen LogP contribution is 2.25. The van der Waals surface area contributed by atoms with Gasteiger partial charge in [-0.25, -0.2) is 0 Å². The van der Waals surface area contributed by atoms with Gasteiger partial charge in [-0.2, -0.15) is 0 Å². The van der Waals surface area contributed by atoms with Gasteiger partial charge in [0.15, 0.2) is 0 Å². The highest BCUT2D eigenvalue weighted by atomic mass is 14.0. The lowest BCUT2D eigenvalue weighted by molar-refractivity contribution is 1.57. The van der Waals surface area contributed by atoms with Crippen LogP contribution in [0.1, 0.15) is 11.1 Å². The van der Waals surface area contributed by atoms with Gasteiger partial charge >= 0.3 is 0 Å². The van der Waals surface area contributed by atoms with E-state index in [9.17, 15) is 0 Å². The maximum absolute atomic E-state index is 5.38. The summed E-state index contributed by atoms with van der Waals surface area (Å²) in [5, 5.41) is 0. The Bertz CT molecular complexity index is 773. The Balaban J connectivity index is 1.88. The first-order valence-electron chi connectivity index (χ1n) is 7.04. The smallest absolute Gasteiger partial charge is 0.0243 e. The van der Waals surface area contributed by atoms with Crippen LogP contribution in [0.25, 0.3) is 22.3 Å². The Morgan fingerprint density at radius 1 is 0.409 bits per heavy atom. The minimum Gasteiger partial charge on any atom is -0.115 e. The van der Waals surface area contributed by atoms with E-state index in [4.69, 9.17) is 12.8 Å². The summed E-state index contributed by atoms with van der Waals surface area (Å²) in [5.74, 6) is 5.26. The van der Waals surface area contributed by atoms with E-state index in [1.165, 1.54) is 11.1 Å². The molecule has 0 aromatic heterocycles. The van der Waals surface area contributed by atoms with E-state index < -0.39 is 0 Å². The van der Waals surface area contributed by atoms with Gasteiger partial charge < -0.3 is 0 Å². The lowest BCUT2D eigenvalue weighted by atomic mass is 9.99. The molecule has 0 aliphatic rings. The first-order valence-corrected chi connectivity index (χ1v) is 7.04. The molecule has 0 fully saturated rings. The van der Waals surface area contributed by atoms with Gasteiger partial charge in [-0.1, -0.05) is 60.4 Å². The van der Waals surface area contributed by atoms with Gasteiger partial charge in [0, 0.05) is 11.1 Å². The van der Waals surface area contributed by atoms with Crippen LogP contribution in [0.2, 0.25) is 0 Å². The Labute approximate surface area is 131 Å². The summed E-state index contributed by atoms with van der Waals surface area (Å²) >= 11 is 0. The zero-order valence-electron chi connectivity index (χ0n) is 12.1. The van der Waals surface area contributed by atoms with Crippen molar-refractivity contribution in [1.82, 2.24) is 0 Å². The van der Waals surface area contributed by atoms with Gasteiger partial charge in [-0.05, 0) is 46.5 Å². The highest BCUT2D eigenvalue weighted by Gasteiger charge is 2.00. The predicted octanol–water partition coefficient (Wildman–Crippen LogP) is 4.98. The van der Waals surface area contributed by atoms with Crippen molar-refractivity contribution in [3.63, 3.8) is 0 Å². The molecule has 0 saturated heterocycles. The average Bonchev–Trinajstić information content (AvgIpc) is 2.62. The van der Waals surface area contributed by atoms with Crippen LogP contribution in [-0.4, -0.2) is 0 Å².